The van der Waals surface area contributed by atoms with Gasteiger partial charge in [0.2, 0.25) is 5.91 Å². The summed E-state index contributed by atoms with van der Waals surface area (Å²) in [7, 11) is 3.43. The summed E-state index contributed by atoms with van der Waals surface area (Å²) in [6, 6.07) is 5.52. The zero-order valence-corrected chi connectivity index (χ0v) is 17.5. The Hall–Kier alpha value is -2.37. The molecule has 1 aromatic carbocycles. The van der Waals surface area contributed by atoms with Crippen LogP contribution in [-0.4, -0.2) is 50.1 Å². The number of carbonyl (C=O) groups is 2. The molecule has 0 heterocycles. The lowest BCUT2D eigenvalue weighted by molar-refractivity contribution is -0.120. The Balaban J connectivity index is 2.94. The van der Waals surface area contributed by atoms with Gasteiger partial charge < -0.3 is 15.5 Å². The van der Waals surface area contributed by atoms with Gasteiger partial charge in [0, 0.05) is 45.4 Å². The number of nitrogens with zero attached hydrogens (tertiary/aromatic N) is 2. The Morgan fingerprint density at radius 1 is 1.11 bits per heavy atom. The number of anilines is 1. The number of rotatable bonds is 10. The van der Waals surface area contributed by atoms with Gasteiger partial charge in [0.1, 0.15) is 0 Å². The van der Waals surface area contributed by atoms with Gasteiger partial charge in [-0.1, -0.05) is 27.7 Å². The predicted molar refractivity (Wildman–Crippen MR) is 113 cm³/mol. The van der Waals surface area contributed by atoms with Crippen molar-refractivity contribution in [3.8, 4) is 0 Å². The minimum absolute atomic E-state index is 0.00775. The topological polar surface area (TPSA) is 73.8 Å². The van der Waals surface area contributed by atoms with Crippen LogP contribution in [0.5, 0.6) is 0 Å². The Labute approximate surface area is 163 Å². The summed E-state index contributed by atoms with van der Waals surface area (Å²) in [6.45, 7) is 9.97. The number of benzene rings is 1. The molecule has 2 N–H and O–H groups in total. The second kappa shape index (κ2) is 11.4. The summed E-state index contributed by atoms with van der Waals surface area (Å²) >= 11 is 0. The molecule has 0 spiro atoms. The average molecular weight is 375 g/mol. The van der Waals surface area contributed by atoms with Crippen LogP contribution in [0.2, 0.25) is 0 Å². The van der Waals surface area contributed by atoms with E-state index in [1.807, 2.05) is 30.1 Å². The molecule has 2 amide bonds. The fourth-order valence-electron chi connectivity index (χ4n) is 2.77. The molecule has 0 unspecified atom stereocenters. The van der Waals surface area contributed by atoms with Gasteiger partial charge in [-0.15, -0.1) is 0 Å². The highest BCUT2D eigenvalue weighted by Gasteiger charge is 2.19. The van der Waals surface area contributed by atoms with E-state index >= 15 is 0 Å². The van der Waals surface area contributed by atoms with E-state index in [2.05, 4.69) is 43.3 Å². The summed E-state index contributed by atoms with van der Waals surface area (Å²) < 4.78 is 0. The largest absolute Gasteiger partial charge is 0.386 e. The van der Waals surface area contributed by atoms with Gasteiger partial charge in [-0.3, -0.25) is 14.6 Å². The van der Waals surface area contributed by atoms with Gasteiger partial charge >= 0.3 is 0 Å². The highest BCUT2D eigenvalue weighted by molar-refractivity contribution is 5.96. The van der Waals surface area contributed by atoms with E-state index < -0.39 is 0 Å². The molecule has 0 radical (unpaired) electrons. The maximum Gasteiger partial charge on any atom is 0.253 e. The number of hydrogen-bond donors (Lipinski definition) is 2. The molecule has 6 heteroatoms. The number of carbonyl (C=O) groups excluding carboxylic acids is 2. The molecular weight excluding hydrogens is 340 g/mol. The molecule has 1 rings (SSSR count). The zero-order chi connectivity index (χ0) is 20.4. The Kier molecular flexibility index (Phi) is 9.54. The van der Waals surface area contributed by atoms with Crippen LogP contribution in [0.15, 0.2) is 23.2 Å². The third-order valence-electron chi connectivity index (χ3n) is 3.98. The van der Waals surface area contributed by atoms with Crippen molar-refractivity contribution in [1.29, 1.82) is 0 Å². The first-order chi connectivity index (χ1) is 12.8. The number of amides is 2. The Morgan fingerprint density at radius 3 is 2.26 bits per heavy atom. The van der Waals surface area contributed by atoms with E-state index in [-0.39, 0.29) is 11.8 Å². The van der Waals surface area contributed by atoms with Gasteiger partial charge in [-0.05, 0) is 36.5 Å². The molecule has 0 saturated heterocycles. The molecule has 150 valence electrons. The van der Waals surface area contributed by atoms with Crippen LogP contribution >= 0.6 is 0 Å². The predicted octanol–water partition coefficient (Wildman–Crippen LogP) is 3.71. The van der Waals surface area contributed by atoms with Crippen molar-refractivity contribution in [2.45, 2.75) is 40.5 Å². The summed E-state index contributed by atoms with van der Waals surface area (Å²) in [6.07, 6.45) is 2.71. The second-order valence-electron chi connectivity index (χ2n) is 7.50. The van der Waals surface area contributed by atoms with Crippen molar-refractivity contribution in [1.82, 2.24) is 10.2 Å². The van der Waals surface area contributed by atoms with Crippen LogP contribution in [-0.2, 0) is 4.79 Å². The van der Waals surface area contributed by atoms with Gasteiger partial charge in [-0.25, -0.2) is 0 Å². The fraction of sp³-hybridized carbons (Fsp3) is 0.571. The SMILES string of the molecule is CNC(=O)CCC=Nc1ccc(C(=O)N(CC(C)C)CC(C)C)cc1NC. The lowest BCUT2D eigenvalue weighted by Crippen LogP contribution is -2.37. The molecular formula is C21H34N4O2. The van der Waals surface area contributed by atoms with E-state index in [9.17, 15) is 9.59 Å². The molecule has 0 fully saturated rings. The maximum absolute atomic E-state index is 13.0. The van der Waals surface area contributed by atoms with E-state index in [1.54, 1.807) is 13.3 Å². The van der Waals surface area contributed by atoms with E-state index in [1.165, 1.54) is 0 Å². The van der Waals surface area contributed by atoms with Crippen molar-refractivity contribution in [3.63, 3.8) is 0 Å². The fourth-order valence-corrected chi connectivity index (χ4v) is 2.77. The third kappa shape index (κ3) is 7.81. The lowest BCUT2D eigenvalue weighted by Gasteiger charge is -2.26. The second-order valence-corrected chi connectivity index (χ2v) is 7.50. The van der Waals surface area contributed by atoms with Gasteiger partial charge in [0.25, 0.3) is 5.91 Å². The first kappa shape index (κ1) is 22.7. The van der Waals surface area contributed by atoms with Crippen LogP contribution in [0.4, 0.5) is 11.4 Å². The number of nitrogens with one attached hydrogen (secondary N) is 2. The van der Waals surface area contributed by atoms with Gasteiger partial charge in [-0.2, -0.15) is 0 Å². The van der Waals surface area contributed by atoms with E-state index in [4.69, 9.17) is 0 Å². The van der Waals surface area contributed by atoms with Crippen molar-refractivity contribution in [3.05, 3.63) is 23.8 Å². The number of aliphatic imine (C=N–C) groups is 1. The smallest absolute Gasteiger partial charge is 0.253 e. The van der Waals surface area contributed by atoms with Crippen molar-refractivity contribution < 1.29 is 9.59 Å². The van der Waals surface area contributed by atoms with Crippen molar-refractivity contribution >= 4 is 29.4 Å². The van der Waals surface area contributed by atoms with Crippen LogP contribution in [0, 0.1) is 11.8 Å². The first-order valence-electron chi connectivity index (χ1n) is 9.62. The summed E-state index contributed by atoms with van der Waals surface area (Å²) in [5, 5.41) is 5.70. The molecule has 0 aliphatic heterocycles. The molecule has 1 aromatic rings. The van der Waals surface area contributed by atoms with Gasteiger partial charge in [0.15, 0.2) is 0 Å². The van der Waals surface area contributed by atoms with Crippen molar-refractivity contribution in [2.24, 2.45) is 16.8 Å². The first-order valence-corrected chi connectivity index (χ1v) is 9.62. The summed E-state index contributed by atoms with van der Waals surface area (Å²) in [5.74, 6) is 0.872. The highest BCUT2D eigenvalue weighted by atomic mass is 16.2. The van der Waals surface area contributed by atoms with Crippen LogP contribution in [0.1, 0.15) is 50.9 Å². The maximum atomic E-state index is 13.0. The average Bonchev–Trinajstić information content (AvgIpc) is 2.63. The number of hydrogen-bond acceptors (Lipinski definition) is 4. The molecule has 6 nitrogen and oxygen atoms in total. The Morgan fingerprint density at radius 2 is 1.74 bits per heavy atom. The molecule has 0 atom stereocenters. The standard InChI is InChI=1S/C21H34N4O2/c1-15(2)13-25(14-16(3)4)21(27)17-9-10-18(19(12-17)22-5)24-11-7-8-20(26)23-6/h9-12,15-16,22H,7-8,13-14H2,1-6H3,(H,23,26). The van der Waals surface area contributed by atoms with Crippen LogP contribution in [0.25, 0.3) is 0 Å². The van der Waals surface area contributed by atoms with E-state index in [0.29, 0.717) is 30.2 Å². The molecule has 0 aromatic heterocycles. The zero-order valence-electron chi connectivity index (χ0n) is 17.5. The summed E-state index contributed by atoms with van der Waals surface area (Å²) in [5.41, 5.74) is 2.21. The molecule has 0 bridgehead atoms. The molecule has 0 saturated carbocycles. The minimum Gasteiger partial charge on any atom is -0.386 e. The minimum atomic E-state index is -0.00775. The Bertz CT molecular complexity index is 644. The van der Waals surface area contributed by atoms with E-state index in [0.717, 1.165) is 24.5 Å². The third-order valence-corrected chi connectivity index (χ3v) is 3.98. The monoisotopic (exact) mass is 374 g/mol. The molecule has 0 aliphatic rings. The van der Waals surface area contributed by atoms with Gasteiger partial charge in [0.05, 0.1) is 11.4 Å². The van der Waals surface area contributed by atoms with Crippen molar-refractivity contribution in [2.75, 3.05) is 32.5 Å². The quantitative estimate of drug-likeness (QED) is 0.613. The normalized spacial score (nSPS) is 11.3. The molecule has 0 aliphatic carbocycles. The highest BCUT2D eigenvalue weighted by Crippen LogP contribution is 2.26. The summed E-state index contributed by atoms with van der Waals surface area (Å²) in [4.78, 5) is 30.6. The lowest BCUT2D eigenvalue weighted by atomic mass is 10.1. The van der Waals surface area contributed by atoms with Crippen LogP contribution in [0.3, 0.4) is 0 Å². The molecule has 27 heavy (non-hydrogen) atoms. The van der Waals surface area contributed by atoms with Crippen LogP contribution < -0.4 is 10.6 Å².